The van der Waals surface area contributed by atoms with Crippen molar-refractivity contribution in [1.82, 2.24) is 14.9 Å². The van der Waals surface area contributed by atoms with Crippen LogP contribution in [0.4, 0.5) is 10.3 Å². The zero-order chi connectivity index (χ0) is 17.8. The van der Waals surface area contributed by atoms with Crippen molar-refractivity contribution in [2.45, 2.75) is 6.54 Å². The molecule has 0 atom stereocenters. The third kappa shape index (κ3) is 3.58. The summed E-state index contributed by atoms with van der Waals surface area (Å²) in [5, 5.41) is 0. The van der Waals surface area contributed by atoms with E-state index >= 15 is 0 Å². The Balaban J connectivity index is 1.44. The van der Waals surface area contributed by atoms with Gasteiger partial charge < -0.3 is 4.90 Å². The lowest BCUT2D eigenvalue weighted by Gasteiger charge is -2.34. The van der Waals surface area contributed by atoms with Gasteiger partial charge in [-0.15, -0.1) is 0 Å². The van der Waals surface area contributed by atoms with Crippen molar-refractivity contribution >= 4 is 5.95 Å². The molecule has 132 valence electrons. The Morgan fingerprint density at radius 3 is 2.27 bits per heavy atom. The van der Waals surface area contributed by atoms with Crippen molar-refractivity contribution in [3.8, 4) is 11.1 Å². The number of hydrogen-bond donors (Lipinski definition) is 0. The highest BCUT2D eigenvalue weighted by Gasteiger charge is 2.20. The fourth-order valence-electron chi connectivity index (χ4n) is 3.34. The molecule has 5 heteroatoms. The number of hydrogen-bond acceptors (Lipinski definition) is 4. The minimum atomic E-state index is -0.118. The fraction of sp³-hybridized carbons (Fsp3) is 0.238. The van der Waals surface area contributed by atoms with Gasteiger partial charge in [0.15, 0.2) is 0 Å². The van der Waals surface area contributed by atoms with Crippen LogP contribution in [0.3, 0.4) is 0 Å². The van der Waals surface area contributed by atoms with Crippen LogP contribution in [0.2, 0.25) is 0 Å². The number of nitrogens with zero attached hydrogens (tertiary/aromatic N) is 4. The predicted octanol–water partition coefficient (Wildman–Crippen LogP) is 3.60. The van der Waals surface area contributed by atoms with Gasteiger partial charge in [-0.05, 0) is 11.6 Å². The molecular formula is C21H21FN4. The molecule has 4 rings (SSSR count). The minimum Gasteiger partial charge on any atom is -0.338 e. The Labute approximate surface area is 152 Å². The van der Waals surface area contributed by atoms with Gasteiger partial charge in [-0.3, -0.25) is 4.90 Å². The van der Waals surface area contributed by atoms with Crippen molar-refractivity contribution in [2.24, 2.45) is 0 Å². The molecule has 1 saturated heterocycles. The second-order valence-corrected chi connectivity index (χ2v) is 6.46. The van der Waals surface area contributed by atoms with Gasteiger partial charge in [0.1, 0.15) is 5.82 Å². The van der Waals surface area contributed by atoms with Crippen LogP contribution >= 0.6 is 0 Å². The maximum atomic E-state index is 15.0. The second-order valence-electron chi connectivity index (χ2n) is 6.46. The fourth-order valence-corrected chi connectivity index (χ4v) is 3.34. The molecule has 0 radical (unpaired) electrons. The normalized spacial score (nSPS) is 15.2. The van der Waals surface area contributed by atoms with Crippen LogP contribution in [-0.4, -0.2) is 41.0 Å². The van der Waals surface area contributed by atoms with Crippen molar-refractivity contribution in [3.63, 3.8) is 0 Å². The first-order chi connectivity index (χ1) is 12.8. The van der Waals surface area contributed by atoms with E-state index in [1.54, 1.807) is 12.4 Å². The summed E-state index contributed by atoms with van der Waals surface area (Å²) in [6, 6.07) is 17.2. The van der Waals surface area contributed by atoms with Gasteiger partial charge >= 0.3 is 0 Å². The lowest BCUT2D eigenvalue weighted by molar-refractivity contribution is 0.245. The maximum absolute atomic E-state index is 15.0. The van der Waals surface area contributed by atoms with E-state index in [2.05, 4.69) is 19.8 Å². The smallest absolute Gasteiger partial charge is 0.225 e. The molecule has 1 aliphatic rings. The number of rotatable bonds is 4. The number of halogens is 1. The highest BCUT2D eigenvalue weighted by atomic mass is 19.1. The summed E-state index contributed by atoms with van der Waals surface area (Å²) in [5.74, 6) is 0.650. The SMILES string of the molecule is Fc1c(CN2CCN(c3ncccn3)CC2)cccc1-c1ccccc1. The molecule has 0 saturated carbocycles. The van der Waals surface area contributed by atoms with Gasteiger partial charge in [-0.2, -0.15) is 0 Å². The van der Waals surface area contributed by atoms with E-state index in [4.69, 9.17) is 0 Å². The predicted molar refractivity (Wildman–Crippen MR) is 101 cm³/mol. The van der Waals surface area contributed by atoms with E-state index in [0.717, 1.165) is 43.3 Å². The molecule has 0 spiro atoms. The van der Waals surface area contributed by atoms with E-state index in [1.807, 2.05) is 54.6 Å². The Bertz CT molecular complexity index is 846. The topological polar surface area (TPSA) is 32.3 Å². The van der Waals surface area contributed by atoms with Crippen LogP contribution in [0.5, 0.6) is 0 Å². The molecule has 0 bridgehead atoms. The third-order valence-electron chi connectivity index (χ3n) is 4.76. The molecule has 1 aromatic heterocycles. The molecule has 0 amide bonds. The molecule has 1 fully saturated rings. The second kappa shape index (κ2) is 7.62. The Morgan fingerprint density at radius 2 is 1.54 bits per heavy atom. The Morgan fingerprint density at radius 1 is 0.808 bits per heavy atom. The van der Waals surface area contributed by atoms with Crippen LogP contribution in [0.25, 0.3) is 11.1 Å². The highest BCUT2D eigenvalue weighted by Crippen LogP contribution is 2.25. The van der Waals surface area contributed by atoms with Crippen LogP contribution in [0, 0.1) is 5.82 Å². The molecule has 2 aromatic carbocycles. The zero-order valence-electron chi connectivity index (χ0n) is 14.6. The number of benzene rings is 2. The monoisotopic (exact) mass is 348 g/mol. The first kappa shape index (κ1) is 16.7. The summed E-state index contributed by atoms with van der Waals surface area (Å²) >= 11 is 0. The van der Waals surface area contributed by atoms with Crippen LogP contribution in [-0.2, 0) is 6.54 Å². The molecule has 1 aliphatic heterocycles. The van der Waals surface area contributed by atoms with Gasteiger partial charge in [0, 0.05) is 56.2 Å². The number of anilines is 1. The van der Waals surface area contributed by atoms with Crippen molar-refractivity contribution in [3.05, 3.63) is 78.4 Å². The molecule has 26 heavy (non-hydrogen) atoms. The molecule has 3 aromatic rings. The van der Waals surface area contributed by atoms with Crippen LogP contribution in [0.1, 0.15) is 5.56 Å². The third-order valence-corrected chi connectivity index (χ3v) is 4.76. The lowest BCUT2D eigenvalue weighted by atomic mass is 10.0. The van der Waals surface area contributed by atoms with E-state index in [9.17, 15) is 4.39 Å². The Hall–Kier alpha value is -2.79. The van der Waals surface area contributed by atoms with E-state index in [-0.39, 0.29) is 5.82 Å². The van der Waals surface area contributed by atoms with Gasteiger partial charge in [0.25, 0.3) is 0 Å². The number of piperazine rings is 1. The average molecular weight is 348 g/mol. The summed E-state index contributed by atoms with van der Waals surface area (Å²) in [4.78, 5) is 13.1. The largest absolute Gasteiger partial charge is 0.338 e. The molecule has 2 heterocycles. The molecule has 0 unspecified atom stereocenters. The van der Waals surface area contributed by atoms with E-state index in [1.165, 1.54) is 0 Å². The van der Waals surface area contributed by atoms with Crippen LogP contribution < -0.4 is 4.90 Å². The first-order valence-electron chi connectivity index (χ1n) is 8.88. The summed E-state index contributed by atoms with van der Waals surface area (Å²) in [5.41, 5.74) is 2.33. The minimum absolute atomic E-state index is 0.118. The van der Waals surface area contributed by atoms with E-state index in [0.29, 0.717) is 12.1 Å². The molecule has 0 aliphatic carbocycles. The average Bonchev–Trinajstić information content (AvgIpc) is 2.71. The first-order valence-corrected chi connectivity index (χ1v) is 8.88. The van der Waals surface area contributed by atoms with Crippen molar-refractivity contribution in [1.29, 1.82) is 0 Å². The van der Waals surface area contributed by atoms with Gasteiger partial charge in [0.2, 0.25) is 5.95 Å². The zero-order valence-corrected chi connectivity index (χ0v) is 14.6. The summed E-state index contributed by atoms with van der Waals surface area (Å²) in [6.07, 6.45) is 3.53. The standard InChI is InChI=1S/C21H21FN4/c22-20-18(8-4-9-19(20)17-6-2-1-3-7-17)16-25-12-14-26(15-13-25)21-23-10-5-11-24-21/h1-11H,12-16H2. The molecule has 0 N–H and O–H groups in total. The summed E-state index contributed by atoms with van der Waals surface area (Å²) in [6.45, 7) is 4.06. The molecule has 4 nitrogen and oxygen atoms in total. The van der Waals surface area contributed by atoms with Crippen molar-refractivity contribution < 1.29 is 4.39 Å². The Kier molecular flexibility index (Phi) is 4.88. The summed E-state index contributed by atoms with van der Waals surface area (Å²) < 4.78 is 15.0. The van der Waals surface area contributed by atoms with Crippen molar-refractivity contribution in [2.75, 3.05) is 31.1 Å². The van der Waals surface area contributed by atoms with Gasteiger partial charge in [0.05, 0.1) is 0 Å². The quantitative estimate of drug-likeness (QED) is 0.721. The maximum Gasteiger partial charge on any atom is 0.225 e. The number of aromatic nitrogens is 2. The van der Waals surface area contributed by atoms with Gasteiger partial charge in [-0.25, -0.2) is 14.4 Å². The summed E-state index contributed by atoms with van der Waals surface area (Å²) in [7, 11) is 0. The van der Waals surface area contributed by atoms with E-state index < -0.39 is 0 Å². The lowest BCUT2D eigenvalue weighted by Crippen LogP contribution is -2.46. The highest BCUT2D eigenvalue weighted by molar-refractivity contribution is 5.64. The van der Waals surface area contributed by atoms with Gasteiger partial charge in [-0.1, -0.05) is 48.5 Å². The van der Waals surface area contributed by atoms with Crippen LogP contribution in [0.15, 0.2) is 67.0 Å². The molecular weight excluding hydrogens is 327 g/mol.